The molecule has 0 amide bonds. The van der Waals surface area contributed by atoms with Crippen molar-refractivity contribution in [2.75, 3.05) is 20.3 Å². The van der Waals surface area contributed by atoms with E-state index in [0.717, 1.165) is 5.56 Å². The molecule has 0 spiro atoms. The number of methoxy groups -OCH3 is 1. The van der Waals surface area contributed by atoms with Crippen molar-refractivity contribution in [2.24, 2.45) is 0 Å². The SMILES string of the molecule is COC(Cc1ccc(OCCCOc2cccc(C(=O)O)c2)cc1)C(=O)O. The van der Waals surface area contributed by atoms with Crippen molar-refractivity contribution in [2.45, 2.75) is 18.9 Å². The third-order valence-corrected chi connectivity index (χ3v) is 3.81. The van der Waals surface area contributed by atoms with Crippen LogP contribution < -0.4 is 9.47 Å². The average Bonchev–Trinajstić information content (AvgIpc) is 2.67. The lowest BCUT2D eigenvalue weighted by molar-refractivity contribution is -0.148. The molecule has 0 saturated carbocycles. The monoisotopic (exact) mass is 374 g/mol. The highest BCUT2D eigenvalue weighted by Crippen LogP contribution is 2.16. The van der Waals surface area contributed by atoms with Crippen LogP contribution in [0.2, 0.25) is 0 Å². The van der Waals surface area contributed by atoms with E-state index in [-0.39, 0.29) is 12.0 Å². The van der Waals surface area contributed by atoms with Gasteiger partial charge in [-0.1, -0.05) is 18.2 Å². The summed E-state index contributed by atoms with van der Waals surface area (Å²) >= 11 is 0. The van der Waals surface area contributed by atoms with Gasteiger partial charge < -0.3 is 24.4 Å². The normalized spacial score (nSPS) is 11.6. The van der Waals surface area contributed by atoms with E-state index in [9.17, 15) is 9.59 Å². The lowest BCUT2D eigenvalue weighted by atomic mass is 10.1. The second-order valence-corrected chi connectivity index (χ2v) is 5.79. The van der Waals surface area contributed by atoms with Crippen LogP contribution in [-0.4, -0.2) is 48.6 Å². The molecular formula is C20H22O7. The molecule has 0 saturated heterocycles. The Kier molecular flexibility index (Phi) is 7.63. The van der Waals surface area contributed by atoms with Crippen molar-refractivity contribution in [1.82, 2.24) is 0 Å². The van der Waals surface area contributed by atoms with Crippen LogP contribution in [0.25, 0.3) is 0 Å². The minimum Gasteiger partial charge on any atom is -0.493 e. The summed E-state index contributed by atoms with van der Waals surface area (Å²) in [5.74, 6) is -0.805. The summed E-state index contributed by atoms with van der Waals surface area (Å²) in [5, 5.41) is 17.9. The molecule has 1 unspecified atom stereocenters. The van der Waals surface area contributed by atoms with Gasteiger partial charge in [0.1, 0.15) is 11.5 Å². The maximum absolute atomic E-state index is 11.0. The number of carbonyl (C=O) groups is 2. The quantitative estimate of drug-likeness (QED) is 0.583. The van der Waals surface area contributed by atoms with Crippen LogP contribution in [0.1, 0.15) is 22.3 Å². The summed E-state index contributed by atoms with van der Waals surface area (Å²) in [7, 11) is 1.37. The van der Waals surface area contributed by atoms with E-state index < -0.39 is 18.0 Å². The third-order valence-electron chi connectivity index (χ3n) is 3.81. The molecule has 0 aliphatic heterocycles. The average molecular weight is 374 g/mol. The van der Waals surface area contributed by atoms with Crippen molar-refractivity contribution < 1.29 is 34.0 Å². The zero-order valence-electron chi connectivity index (χ0n) is 15.0. The zero-order valence-corrected chi connectivity index (χ0v) is 15.0. The van der Waals surface area contributed by atoms with E-state index in [1.165, 1.54) is 19.2 Å². The first-order chi connectivity index (χ1) is 13.0. The van der Waals surface area contributed by atoms with Crippen LogP contribution in [0, 0.1) is 0 Å². The van der Waals surface area contributed by atoms with Crippen LogP contribution in [-0.2, 0) is 16.0 Å². The predicted molar refractivity (Wildman–Crippen MR) is 97.6 cm³/mol. The molecule has 2 aromatic rings. The highest BCUT2D eigenvalue weighted by Gasteiger charge is 2.16. The van der Waals surface area contributed by atoms with Crippen LogP contribution >= 0.6 is 0 Å². The second kappa shape index (κ2) is 10.2. The summed E-state index contributed by atoms with van der Waals surface area (Å²) in [6.45, 7) is 0.836. The molecule has 0 bridgehead atoms. The first kappa shape index (κ1) is 20.3. The van der Waals surface area contributed by atoms with Crippen molar-refractivity contribution in [1.29, 1.82) is 0 Å². The van der Waals surface area contributed by atoms with Crippen LogP contribution in [0.4, 0.5) is 0 Å². The molecule has 2 N–H and O–H groups in total. The fraction of sp³-hybridized carbons (Fsp3) is 0.300. The fourth-order valence-electron chi connectivity index (χ4n) is 2.37. The first-order valence-electron chi connectivity index (χ1n) is 8.43. The number of benzene rings is 2. The van der Waals surface area contributed by atoms with Crippen molar-refractivity contribution >= 4 is 11.9 Å². The molecule has 0 heterocycles. The lowest BCUT2D eigenvalue weighted by Gasteiger charge is -2.11. The number of carboxylic acid groups (broad SMARTS) is 2. The number of aliphatic carboxylic acids is 1. The highest BCUT2D eigenvalue weighted by atomic mass is 16.5. The molecule has 0 aliphatic rings. The van der Waals surface area contributed by atoms with Gasteiger partial charge in [0.25, 0.3) is 0 Å². The molecule has 0 radical (unpaired) electrons. The standard InChI is InChI=1S/C20H22O7/c1-25-18(20(23)24)12-14-6-8-16(9-7-14)26-10-3-11-27-17-5-2-4-15(13-17)19(21)22/h2,4-9,13,18H,3,10-12H2,1H3,(H,21,22)(H,23,24). The van der Waals surface area contributed by atoms with E-state index in [1.54, 1.807) is 36.4 Å². The summed E-state index contributed by atoms with van der Waals surface area (Å²) in [5.41, 5.74) is 1.03. The number of carboxylic acids is 2. The van der Waals surface area contributed by atoms with Crippen LogP contribution in [0.15, 0.2) is 48.5 Å². The van der Waals surface area contributed by atoms with Gasteiger partial charge in [0.2, 0.25) is 0 Å². The van der Waals surface area contributed by atoms with Crippen molar-refractivity contribution in [3.05, 3.63) is 59.7 Å². The van der Waals surface area contributed by atoms with Crippen molar-refractivity contribution in [3.63, 3.8) is 0 Å². The Balaban J connectivity index is 1.72. The minimum absolute atomic E-state index is 0.183. The lowest BCUT2D eigenvalue weighted by Crippen LogP contribution is -2.24. The summed E-state index contributed by atoms with van der Waals surface area (Å²) in [6.07, 6.45) is 0.0488. The molecule has 1 atom stereocenters. The molecule has 27 heavy (non-hydrogen) atoms. The van der Waals surface area contributed by atoms with E-state index in [0.29, 0.717) is 31.1 Å². The predicted octanol–water partition coefficient (Wildman–Crippen LogP) is 2.87. The molecule has 7 heteroatoms. The Labute approximate surface area is 157 Å². The maximum Gasteiger partial charge on any atom is 0.335 e. The number of ether oxygens (including phenoxy) is 3. The molecule has 2 aromatic carbocycles. The summed E-state index contributed by atoms with van der Waals surface area (Å²) in [6, 6.07) is 13.5. The smallest absolute Gasteiger partial charge is 0.335 e. The third kappa shape index (κ3) is 6.63. The molecule has 0 aliphatic carbocycles. The molecule has 7 nitrogen and oxygen atoms in total. The Morgan fingerprint density at radius 3 is 2.22 bits per heavy atom. The number of hydrogen-bond acceptors (Lipinski definition) is 5. The van der Waals surface area contributed by atoms with Gasteiger partial charge >= 0.3 is 11.9 Å². The Hall–Kier alpha value is -3.06. The van der Waals surface area contributed by atoms with Gasteiger partial charge in [-0.3, -0.25) is 0 Å². The summed E-state index contributed by atoms with van der Waals surface area (Å²) in [4.78, 5) is 21.9. The number of aromatic carboxylic acids is 1. The van der Waals surface area contributed by atoms with Gasteiger partial charge in [0, 0.05) is 20.0 Å². The van der Waals surface area contributed by atoms with Gasteiger partial charge in [0.05, 0.1) is 18.8 Å². The fourth-order valence-corrected chi connectivity index (χ4v) is 2.37. The maximum atomic E-state index is 11.0. The Bertz CT molecular complexity index is 755. The molecule has 0 aromatic heterocycles. The first-order valence-corrected chi connectivity index (χ1v) is 8.43. The Morgan fingerprint density at radius 2 is 1.63 bits per heavy atom. The second-order valence-electron chi connectivity index (χ2n) is 5.79. The zero-order chi connectivity index (χ0) is 19.6. The van der Waals surface area contributed by atoms with E-state index in [1.807, 2.05) is 0 Å². The Morgan fingerprint density at radius 1 is 0.963 bits per heavy atom. The van der Waals surface area contributed by atoms with Crippen molar-refractivity contribution in [3.8, 4) is 11.5 Å². The molecule has 0 fully saturated rings. The highest BCUT2D eigenvalue weighted by molar-refractivity contribution is 5.88. The van der Waals surface area contributed by atoms with Crippen LogP contribution in [0.3, 0.4) is 0 Å². The van der Waals surface area contributed by atoms with E-state index >= 15 is 0 Å². The molecule has 2 rings (SSSR count). The van der Waals surface area contributed by atoms with E-state index in [2.05, 4.69) is 0 Å². The molecule has 144 valence electrons. The van der Waals surface area contributed by atoms with Gasteiger partial charge in [-0.05, 0) is 35.9 Å². The van der Waals surface area contributed by atoms with Gasteiger partial charge in [-0.2, -0.15) is 0 Å². The van der Waals surface area contributed by atoms with Gasteiger partial charge in [0.15, 0.2) is 6.10 Å². The summed E-state index contributed by atoms with van der Waals surface area (Å²) < 4.78 is 16.1. The molecular weight excluding hydrogens is 352 g/mol. The van der Waals surface area contributed by atoms with Gasteiger partial charge in [-0.15, -0.1) is 0 Å². The van der Waals surface area contributed by atoms with E-state index in [4.69, 9.17) is 24.4 Å². The largest absolute Gasteiger partial charge is 0.493 e. The van der Waals surface area contributed by atoms with Gasteiger partial charge in [-0.25, -0.2) is 9.59 Å². The topological polar surface area (TPSA) is 102 Å². The number of rotatable bonds is 11. The minimum atomic E-state index is -0.994. The van der Waals surface area contributed by atoms with Crippen LogP contribution in [0.5, 0.6) is 11.5 Å². The number of hydrogen-bond donors (Lipinski definition) is 2.